The Balaban J connectivity index is 0.00000385. The summed E-state index contributed by atoms with van der Waals surface area (Å²) >= 11 is 0. The van der Waals surface area contributed by atoms with Crippen molar-refractivity contribution in [2.45, 2.75) is 12.5 Å². The number of carbonyl (C=O) groups is 1. The number of rotatable bonds is 9. The maximum absolute atomic E-state index is 13.4. The minimum atomic E-state index is -0.252. The lowest BCUT2D eigenvalue weighted by molar-refractivity contribution is -0.119. The first-order valence-electron chi connectivity index (χ1n) is 11.0. The standard InChI is InChI=1S/C24H32FN5O2.HI/c1-26-24(29-18-23(31)27-12-11-19-5-3-2-4-6-19)28-17-22(30-13-15-32-16-14-30)20-7-9-21(25)10-8-20;/h2-10,22H,11-18H2,1H3,(H,27,31)(H2,26,28,29);1H. The number of nitrogens with one attached hydrogen (secondary N) is 3. The zero-order valence-electron chi connectivity index (χ0n) is 18.9. The Morgan fingerprint density at radius 3 is 2.42 bits per heavy atom. The first-order valence-corrected chi connectivity index (χ1v) is 11.0. The molecule has 1 amide bonds. The number of carbonyl (C=O) groups excluding carboxylic acids is 1. The molecule has 0 bridgehead atoms. The van der Waals surface area contributed by atoms with Crippen molar-refractivity contribution in [2.75, 3.05) is 53.0 Å². The third kappa shape index (κ3) is 9.26. The Labute approximate surface area is 212 Å². The van der Waals surface area contributed by atoms with Gasteiger partial charge in [-0.25, -0.2) is 4.39 Å². The van der Waals surface area contributed by atoms with Crippen LogP contribution in [0.2, 0.25) is 0 Å². The number of hydrogen-bond acceptors (Lipinski definition) is 4. The molecule has 1 saturated heterocycles. The summed E-state index contributed by atoms with van der Waals surface area (Å²) < 4.78 is 18.9. The number of halogens is 2. The van der Waals surface area contributed by atoms with Gasteiger partial charge in [0.25, 0.3) is 0 Å². The first-order chi connectivity index (χ1) is 15.7. The number of hydrogen-bond donors (Lipinski definition) is 3. The van der Waals surface area contributed by atoms with E-state index in [1.54, 1.807) is 7.05 Å². The van der Waals surface area contributed by atoms with Crippen LogP contribution in [0, 0.1) is 5.82 Å². The second-order valence-electron chi connectivity index (χ2n) is 7.61. The van der Waals surface area contributed by atoms with Crippen molar-refractivity contribution in [2.24, 2.45) is 4.99 Å². The third-order valence-corrected chi connectivity index (χ3v) is 5.42. The van der Waals surface area contributed by atoms with Gasteiger partial charge in [0.2, 0.25) is 5.91 Å². The fourth-order valence-electron chi connectivity index (χ4n) is 3.66. The number of amides is 1. The van der Waals surface area contributed by atoms with Gasteiger partial charge >= 0.3 is 0 Å². The Kier molecular flexibility index (Phi) is 12.1. The van der Waals surface area contributed by atoms with Crippen molar-refractivity contribution in [1.29, 1.82) is 0 Å². The number of guanidine groups is 1. The molecular formula is C24H33FIN5O2. The SMILES string of the molecule is CN=C(NCC(=O)NCCc1ccccc1)NCC(c1ccc(F)cc1)N1CCOCC1.I. The maximum Gasteiger partial charge on any atom is 0.239 e. The Hall–Kier alpha value is -2.24. The summed E-state index contributed by atoms with van der Waals surface area (Å²) in [4.78, 5) is 18.7. The van der Waals surface area contributed by atoms with E-state index in [1.165, 1.54) is 17.7 Å². The average Bonchev–Trinajstić information content (AvgIpc) is 2.83. The molecular weight excluding hydrogens is 536 g/mol. The van der Waals surface area contributed by atoms with Crippen molar-refractivity contribution in [3.05, 3.63) is 71.5 Å². The van der Waals surface area contributed by atoms with Gasteiger partial charge in [-0.1, -0.05) is 42.5 Å². The highest BCUT2D eigenvalue weighted by molar-refractivity contribution is 14.0. The molecule has 0 radical (unpaired) electrons. The maximum atomic E-state index is 13.4. The monoisotopic (exact) mass is 569 g/mol. The fourth-order valence-corrected chi connectivity index (χ4v) is 3.66. The van der Waals surface area contributed by atoms with E-state index in [1.807, 2.05) is 42.5 Å². The van der Waals surface area contributed by atoms with Crippen molar-refractivity contribution < 1.29 is 13.9 Å². The minimum absolute atomic E-state index is 0. The summed E-state index contributed by atoms with van der Waals surface area (Å²) in [5.74, 6) is 0.203. The zero-order chi connectivity index (χ0) is 22.6. The molecule has 2 aromatic carbocycles. The number of ether oxygens (including phenoxy) is 1. The van der Waals surface area contributed by atoms with Crippen LogP contribution in [0.1, 0.15) is 17.2 Å². The number of aliphatic imine (C=N–C) groups is 1. The van der Waals surface area contributed by atoms with Gasteiger partial charge in [0.15, 0.2) is 5.96 Å². The Bertz CT molecular complexity index is 861. The summed E-state index contributed by atoms with van der Waals surface area (Å²) in [5, 5.41) is 9.28. The van der Waals surface area contributed by atoms with E-state index < -0.39 is 0 Å². The number of nitrogens with zero attached hydrogens (tertiary/aromatic N) is 2. The van der Waals surface area contributed by atoms with Gasteiger partial charge < -0.3 is 20.7 Å². The van der Waals surface area contributed by atoms with Gasteiger partial charge in [-0.15, -0.1) is 24.0 Å². The third-order valence-electron chi connectivity index (χ3n) is 5.42. The molecule has 1 heterocycles. The fraction of sp³-hybridized carbons (Fsp3) is 0.417. The number of benzene rings is 2. The van der Waals surface area contributed by atoms with E-state index >= 15 is 0 Å². The van der Waals surface area contributed by atoms with Crippen LogP contribution < -0.4 is 16.0 Å². The highest BCUT2D eigenvalue weighted by Gasteiger charge is 2.23. The van der Waals surface area contributed by atoms with Gasteiger partial charge in [-0.05, 0) is 29.7 Å². The van der Waals surface area contributed by atoms with Crippen LogP contribution in [0.4, 0.5) is 4.39 Å². The van der Waals surface area contributed by atoms with Gasteiger partial charge in [-0.3, -0.25) is 14.7 Å². The van der Waals surface area contributed by atoms with E-state index in [-0.39, 0.29) is 48.3 Å². The van der Waals surface area contributed by atoms with Crippen LogP contribution in [0.25, 0.3) is 0 Å². The normalized spacial score (nSPS) is 15.3. The molecule has 1 unspecified atom stereocenters. The predicted molar refractivity (Wildman–Crippen MR) is 139 cm³/mol. The van der Waals surface area contributed by atoms with E-state index in [0.29, 0.717) is 32.3 Å². The Morgan fingerprint density at radius 1 is 1.06 bits per heavy atom. The van der Waals surface area contributed by atoms with Crippen LogP contribution in [0.3, 0.4) is 0 Å². The molecule has 1 fully saturated rings. The summed E-state index contributed by atoms with van der Waals surface area (Å²) in [7, 11) is 1.67. The van der Waals surface area contributed by atoms with Gasteiger partial charge in [-0.2, -0.15) is 0 Å². The molecule has 0 aromatic heterocycles. The second-order valence-corrected chi connectivity index (χ2v) is 7.61. The second kappa shape index (κ2) is 14.8. The van der Waals surface area contributed by atoms with Crippen LogP contribution in [0.15, 0.2) is 59.6 Å². The molecule has 1 aliphatic rings. The van der Waals surface area contributed by atoms with Gasteiger partial charge in [0.1, 0.15) is 5.82 Å². The number of morpholine rings is 1. The molecule has 180 valence electrons. The molecule has 1 atom stereocenters. The van der Waals surface area contributed by atoms with Crippen molar-refractivity contribution in [1.82, 2.24) is 20.9 Å². The molecule has 1 aliphatic heterocycles. The predicted octanol–water partition coefficient (Wildman–Crippen LogP) is 2.34. The minimum Gasteiger partial charge on any atom is -0.379 e. The molecule has 9 heteroatoms. The van der Waals surface area contributed by atoms with E-state index in [9.17, 15) is 9.18 Å². The quantitative estimate of drug-likeness (QED) is 0.246. The van der Waals surface area contributed by atoms with E-state index in [0.717, 1.165) is 25.1 Å². The average molecular weight is 569 g/mol. The van der Waals surface area contributed by atoms with Crippen molar-refractivity contribution in [3.63, 3.8) is 0 Å². The highest BCUT2D eigenvalue weighted by Crippen LogP contribution is 2.21. The van der Waals surface area contributed by atoms with Crippen molar-refractivity contribution in [3.8, 4) is 0 Å². The lowest BCUT2D eigenvalue weighted by Crippen LogP contribution is -2.48. The largest absolute Gasteiger partial charge is 0.379 e. The molecule has 3 rings (SSSR count). The molecule has 0 spiro atoms. The van der Waals surface area contributed by atoms with E-state index in [2.05, 4.69) is 25.8 Å². The molecule has 33 heavy (non-hydrogen) atoms. The first kappa shape index (κ1) is 27.0. The lowest BCUT2D eigenvalue weighted by atomic mass is 10.0. The molecule has 3 N–H and O–H groups in total. The molecule has 0 aliphatic carbocycles. The van der Waals surface area contributed by atoms with E-state index in [4.69, 9.17) is 4.74 Å². The molecule has 0 saturated carbocycles. The summed E-state index contributed by atoms with van der Waals surface area (Å²) in [6.45, 7) is 4.25. The summed E-state index contributed by atoms with van der Waals surface area (Å²) in [6.07, 6.45) is 0.790. The topological polar surface area (TPSA) is 78.0 Å². The van der Waals surface area contributed by atoms with Crippen LogP contribution in [-0.4, -0.2) is 69.8 Å². The summed E-state index contributed by atoms with van der Waals surface area (Å²) in [5.41, 5.74) is 2.21. The Morgan fingerprint density at radius 2 is 1.76 bits per heavy atom. The van der Waals surface area contributed by atoms with Crippen LogP contribution in [-0.2, 0) is 16.0 Å². The summed E-state index contributed by atoms with van der Waals surface area (Å²) in [6, 6.07) is 16.7. The van der Waals surface area contributed by atoms with Crippen LogP contribution in [0.5, 0.6) is 0 Å². The highest BCUT2D eigenvalue weighted by atomic mass is 127. The van der Waals surface area contributed by atoms with Crippen molar-refractivity contribution >= 4 is 35.8 Å². The molecule has 7 nitrogen and oxygen atoms in total. The smallest absolute Gasteiger partial charge is 0.239 e. The lowest BCUT2D eigenvalue weighted by Gasteiger charge is -2.35. The molecule has 2 aromatic rings. The van der Waals surface area contributed by atoms with Crippen LogP contribution >= 0.6 is 24.0 Å². The van der Waals surface area contributed by atoms with Gasteiger partial charge in [0, 0.05) is 33.2 Å². The zero-order valence-corrected chi connectivity index (χ0v) is 21.3. The van der Waals surface area contributed by atoms with Gasteiger partial charge in [0.05, 0.1) is 25.8 Å².